The summed E-state index contributed by atoms with van der Waals surface area (Å²) in [6.45, 7) is 17.6. The van der Waals surface area contributed by atoms with E-state index in [1.54, 1.807) is 41.5 Å². The standard InChI is InChI=1S/C23H34O7.C23H32O7/c1-14(2)20(25)27-12-18-6-17(28-21(3,4)29-18)7-19(24)30-23-10-15-5-16(11-23)9-22(26,8-15)13-23;1-13(2)21(26)27-12-18-7-17(28-22(3,4)29-18)8-19(24)30-23-9-14-5-15(10-23)20(25)16(6-14)11-23/h15-18,26H,1,5-13H2,2-4H3;14-18H,1,5-12H2,2-4H3. The van der Waals surface area contributed by atoms with Crippen molar-refractivity contribution in [1.29, 1.82) is 0 Å². The van der Waals surface area contributed by atoms with Crippen LogP contribution in [0.4, 0.5) is 0 Å². The number of ether oxygens (including phenoxy) is 8. The van der Waals surface area contributed by atoms with E-state index in [1.165, 1.54) is 0 Å². The Bertz CT molecular complexity index is 1700. The molecule has 0 aromatic carbocycles. The van der Waals surface area contributed by atoms with Crippen LogP contribution in [0.25, 0.3) is 0 Å². The van der Waals surface area contributed by atoms with E-state index < -0.39 is 40.3 Å². The minimum absolute atomic E-state index is 0.0645. The Kier molecular flexibility index (Phi) is 12.6. The molecule has 8 atom stereocenters. The lowest BCUT2D eigenvalue weighted by Gasteiger charge is -2.59. The smallest absolute Gasteiger partial charge is 0.333 e. The van der Waals surface area contributed by atoms with Gasteiger partial charge in [-0.1, -0.05) is 13.2 Å². The fourth-order valence-corrected chi connectivity index (χ4v) is 12.5. The molecule has 2 aliphatic heterocycles. The summed E-state index contributed by atoms with van der Waals surface area (Å²) in [5.41, 5.74) is -1.00. The van der Waals surface area contributed by atoms with Gasteiger partial charge in [0, 0.05) is 42.2 Å². The predicted molar refractivity (Wildman–Crippen MR) is 214 cm³/mol. The molecule has 334 valence electrons. The van der Waals surface area contributed by atoms with Crippen molar-refractivity contribution >= 4 is 29.7 Å². The van der Waals surface area contributed by atoms with Gasteiger partial charge in [-0.15, -0.1) is 0 Å². The summed E-state index contributed by atoms with van der Waals surface area (Å²) < 4.78 is 46.1. The molecule has 14 nitrogen and oxygen atoms in total. The van der Waals surface area contributed by atoms with Crippen LogP contribution in [-0.4, -0.2) is 101 Å². The Hall–Kier alpha value is -3.17. The van der Waals surface area contributed by atoms with Crippen molar-refractivity contribution in [3.8, 4) is 0 Å². The third kappa shape index (κ3) is 10.7. The van der Waals surface area contributed by atoms with Crippen LogP contribution >= 0.6 is 0 Å². The van der Waals surface area contributed by atoms with Crippen LogP contribution in [0.2, 0.25) is 0 Å². The first kappa shape index (κ1) is 44.9. The molecule has 10 aliphatic rings. The number of ketones is 1. The van der Waals surface area contributed by atoms with Gasteiger partial charge in [0.25, 0.3) is 0 Å². The minimum atomic E-state index is -0.892. The molecule has 0 amide bonds. The fourth-order valence-electron chi connectivity index (χ4n) is 12.5. The number of Topliss-reactive ketones (excluding diaryl/α,β-unsaturated/α-hetero) is 1. The van der Waals surface area contributed by atoms with Crippen molar-refractivity contribution in [2.24, 2.45) is 29.6 Å². The van der Waals surface area contributed by atoms with Crippen LogP contribution in [-0.2, 0) is 61.9 Å². The molecule has 0 aromatic rings. The molecule has 8 unspecified atom stereocenters. The predicted octanol–water partition coefficient (Wildman–Crippen LogP) is 6.13. The highest BCUT2D eigenvalue weighted by Crippen LogP contribution is 2.59. The van der Waals surface area contributed by atoms with Crippen molar-refractivity contribution in [2.75, 3.05) is 13.2 Å². The van der Waals surface area contributed by atoms with Gasteiger partial charge in [0.1, 0.15) is 30.2 Å². The molecule has 1 N–H and O–H groups in total. The Morgan fingerprint density at radius 1 is 0.600 bits per heavy atom. The van der Waals surface area contributed by atoms with Crippen LogP contribution < -0.4 is 0 Å². The summed E-state index contributed by atoms with van der Waals surface area (Å²) in [4.78, 5) is 61.4. The van der Waals surface area contributed by atoms with Crippen molar-refractivity contribution in [1.82, 2.24) is 0 Å². The second-order valence-electron chi connectivity index (χ2n) is 20.6. The molecule has 14 heteroatoms. The molecule has 8 bridgehead atoms. The van der Waals surface area contributed by atoms with Gasteiger partial charge < -0.3 is 43.0 Å². The number of esters is 4. The molecular weight excluding hydrogens is 776 g/mol. The van der Waals surface area contributed by atoms with Crippen LogP contribution in [0.1, 0.15) is 138 Å². The molecule has 0 aromatic heterocycles. The quantitative estimate of drug-likeness (QED) is 0.135. The molecule has 8 saturated carbocycles. The van der Waals surface area contributed by atoms with Crippen LogP contribution in [0.5, 0.6) is 0 Å². The van der Waals surface area contributed by atoms with Gasteiger partial charge in [0.15, 0.2) is 11.6 Å². The fraction of sp³-hybridized carbons (Fsp3) is 0.804. The van der Waals surface area contributed by atoms with Gasteiger partial charge in [-0.05, 0) is 124 Å². The normalized spacial score (nSPS) is 40.1. The van der Waals surface area contributed by atoms with E-state index in [0.29, 0.717) is 66.8 Å². The first-order valence-corrected chi connectivity index (χ1v) is 22.1. The number of carbonyl (C=O) groups is 5. The summed E-state index contributed by atoms with van der Waals surface area (Å²) >= 11 is 0. The summed E-state index contributed by atoms with van der Waals surface area (Å²) in [5.74, 6) is -1.37. The van der Waals surface area contributed by atoms with Crippen LogP contribution in [0.15, 0.2) is 24.3 Å². The summed E-state index contributed by atoms with van der Waals surface area (Å²) in [5, 5.41) is 10.9. The lowest BCUT2D eigenvalue weighted by atomic mass is 9.52. The molecule has 10 rings (SSSR count). The molecule has 60 heavy (non-hydrogen) atoms. The lowest BCUT2D eigenvalue weighted by molar-refractivity contribution is -0.305. The third-order valence-electron chi connectivity index (χ3n) is 13.7. The SMILES string of the molecule is C=C(C)C(=O)OCC1CC(CC(=O)OC23CC4CC(C2)C(=O)C(C4)C3)OC(C)(C)O1.C=C(C)C(=O)OCC1CC(CC(=O)OC23CC4CC(CC(O)(C4)C2)C3)OC(C)(C)O1. The topological polar surface area (TPSA) is 179 Å². The van der Waals surface area contributed by atoms with Crippen molar-refractivity contribution < 1.29 is 67.0 Å². The highest BCUT2D eigenvalue weighted by Gasteiger charge is 2.60. The number of hydrogen-bond acceptors (Lipinski definition) is 14. The Labute approximate surface area is 353 Å². The summed E-state index contributed by atoms with van der Waals surface area (Å²) in [6, 6.07) is 0. The second kappa shape index (κ2) is 16.8. The zero-order chi connectivity index (χ0) is 43.4. The molecular formula is C46H66O14. The zero-order valence-corrected chi connectivity index (χ0v) is 36.4. The molecule has 2 heterocycles. The van der Waals surface area contributed by atoms with E-state index in [-0.39, 0.29) is 74.2 Å². The minimum Gasteiger partial charge on any atom is -0.460 e. The van der Waals surface area contributed by atoms with Gasteiger partial charge in [-0.3, -0.25) is 14.4 Å². The number of hydrogen-bond donors (Lipinski definition) is 1. The van der Waals surface area contributed by atoms with Gasteiger partial charge in [-0.2, -0.15) is 0 Å². The van der Waals surface area contributed by atoms with Gasteiger partial charge in [0.2, 0.25) is 0 Å². The Balaban J connectivity index is 0.000000181. The highest BCUT2D eigenvalue weighted by molar-refractivity contribution is 5.87. The number of carbonyl (C=O) groups excluding carboxylic acids is 5. The van der Waals surface area contributed by atoms with Gasteiger partial charge >= 0.3 is 23.9 Å². The van der Waals surface area contributed by atoms with Crippen LogP contribution in [0.3, 0.4) is 0 Å². The van der Waals surface area contributed by atoms with Crippen LogP contribution in [0, 0.1) is 29.6 Å². The Morgan fingerprint density at radius 2 is 1.02 bits per heavy atom. The second-order valence-corrected chi connectivity index (χ2v) is 20.6. The third-order valence-corrected chi connectivity index (χ3v) is 13.7. The van der Waals surface area contributed by atoms with E-state index >= 15 is 0 Å². The molecule has 0 spiro atoms. The first-order valence-electron chi connectivity index (χ1n) is 22.1. The number of rotatable bonds is 12. The van der Waals surface area contributed by atoms with Crippen molar-refractivity contribution in [3.63, 3.8) is 0 Å². The molecule has 2 saturated heterocycles. The van der Waals surface area contributed by atoms with E-state index in [2.05, 4.69) is 13.2 Å². The van der Waals surface area contributed by atoms with Crippen molar-refractivity contribution in [3.05, 3.63) is 24.3 Å². The average Bonchev–Trinajstić information content (AvgIpc) is 3.08. The lowest BCUT2D eigenvalue weighted by Crippen LogP contribution is -2.60. The van der Waals surface area contributed by atoms with E-state index in [4.69, 9.17) is 37.9 Å². The maximum atomic E-state index is 12.9. The Morgan fingerprint density at radius 3 is 1.45 bits per heavy atom. The summed E-state index contributed by atoms with van der Waals surface area (Å²) in [7, 11) is 0. The average molecular weight is 843 g/mol. The maximum absolute atomic E-state index is 12.9. The van der Waals surface area contributed by atoms with E-state index in [1.807, 2.05) is 0 Å². The first-order chi connectivity index (χ1) is 28.0. The van der Waals surface area contributed by atoms with E-state index in [9.17, 15) is 29.1 Å². The van der Waals surface area contributed by atoms with Gasteiger partial charge in [-0.25, -0.2) is 9.59 Å². The largest absolute Gasteiger partial charge is 0.460 e. The van der Waals surface area contributed by atoms with Crippen molar-refractivity contribution in [2.45, 2.75) is 191 Å². The van der Waals surface area contributed by atoms with Gasteiger partial charge in [0.05, 0.1) is 42.9 Å². The zero-order valence-electron chi connectivity index (χ0n) is 36.4. The van der Waals surface area contributed by atoms with E-state index in [0.717, 1.165) is 51.4 Å². The maximum Gasteiger partial charge on any atom is 0.333 e. The highest BCUT2D eigenvalue weighted by atomic mass is 16.7. The molecule has 10 fully saturated rings. The number of aliphatic hydroxyl groups is 1. The molecule has 0 radical (unpaired) electrons. The monoisotopic (exact) mass is 842 g/mol. The molecule has 8 aliphatic carbocycles. The summed E-state index contributed by atoms with van der Waals surface area (Å²) in [6.07, 6.45) is 8.82.